The number of hydrogen-bond donors (Lipinski definition) is 0. The number of rotatable bonds is 4. The number of alkyl halides is 1. The fourth-order valence-electron chi connectivity index (χ4n) is 2.57. The molecule has 1 aromatic carbocycles. The van der Waals surface area contributed by atoms with Gasteiger partial charge in [0, 0.05) is 22.4 Å². The summed E-state index contributed by atoms with van der Waals surface area (Å²) in [6, 6.07) is 4.55. The number of amides is 1. The van der Waals surface area contributed by atoms with Crippen LogP contribution >= 0.6 is 31.9 Å². The van der Waals surface area contributed by atoms with Crippen LogP contribution < -0.4 is 0 Å². The average molecular weight is 393 g/mol. The zero-order chi connectivity index (χ0) is 13.8. The van der Waals surface area contributed by atoms with E-state index in [2.05, 4.69) is 31.9 Å². The van der Waals surface area contributed by atoms with Gasteiger partial charge in [-0.3, -0.25) is 4.79 Å². The van der Waals surface area contributed by atoms with E-state index in [-0.39, 0.29) is 11.7 Å². The van der Waals surface area contributed by atoms with Crippen LogP contribution in [-0.4, -0.2) is 28.7 Å². The predicted molar refractivity (Wildman–Crippen MR) is 81.2 cm³/mol. The molecule has 0 aliphatic heterocycles. The Morgan fingerprint density at radius 2 is 2.05 bits per heavy atom. The number of carbonyl (C=O) groups excluding carboxylic acids is 1. The van der Waals surface area contributed by atoms with E-state index in [1.54, 1.807) is 6.07 Å². The lowest BCUT2D eigenvalue weighted by Gasteiger charge is -2.28. The van der Waals surface area contributed by atoms with Gasteiger partial charge in [-0.15, -0.1) is 0 Å². The standard InChI is InChI=1S/C14H16Br2FNO/c15-7-8-18(11-3-1-2-4-11)14(19)12-6-5-10(17)9-13(12)16/h5-6,9,11H,1-4,7-8H2. The van der Waals surface area contributed by atoms with Crippen LogP contribution in [0.1, 0.15) is 36.0 Å². The van der Waals surface area contributed by atoms with Crippen molar-refractivity contribution in [1.29, 1.82) is 0 Å². The third kappa shape index (κ3) is 3.57. The highest BCUT2D eigenvalue weighted by Gasteiger charge is 2.27. The molecule has 19 heavy (non-hydrogen) atoms. The summed E-state index contributed by atoms with van der Waals surface area (Å²) in [6.07, 6.45) is 4.50. The van der Waals surface area contributed by atoms with Gasteiger partial charge in [0.05, 0.1) is 5.56 Å². The monoisotopic (exact) mass is 391 g/mol. The number of benzene rings is 1. The van der Waals surface area contributed by atoms with Crippen LogP contribution in [0.2, 0.25) is 0 Å². The van der Waals surface area contributed by atoms with Crippen LogP contribution in [0, 0.1) is 5.82 Å². The first-order chi connectivity index (χ1) is 9.13. The molecule has 0 radical (unpaired) electrons. The number of hydrogen-bond acceptors (Lipinski definition) is 1. The molecular weight excluding hydrogens is 377 g/mol. The lowest BCUT2D eigenvalue weighted by molar-refractivity contribution is 0.0695. The molecule has 104 valence electrons. The SMILES string of the molecule is O=C(c1ccc(F)cc1Br)N(CCBr)C1CCCC1. The van der Waals surface area contributed by atoms with E-state index < -0.39 is 0 Å². The summed E-state index contributed by atoms with van der Waals surface area (Å²) < 4.78 is 13.6. The zero-order valence-electron chi connectivity index (χ0n) is 10.5. The molecule has 0 heterocycles. The Balaban J connectivity index is 2.22. The fourth-order valence-corrected chi connectivity index (χ4v) is 3.48. The highest BCUT2D eigenvalue weighted by Crippen LogP contribution is 2.27. The van der Waals surface area contributed by atoms with Gasteiger partial charge in [0.1, 0.15) is 5.82 Å². The molecule has 1 saturated carbocycles. The molecule has 0 unspecified atom stereocenters. The summed E-state index contributed by atoms with van der Waals surface area (Å²) >= 11 is 6.68. The van der Waals surface area contributed by atoms with Gasteiger partial charge in [-0.2, -0.15) is 0 Å². The summed E-state index contributed by atoms with van der Waals surface area (Å²) in [5.74, 6) is -0.352. The van der Waals surface area contributed by atoms with Crippen molar-refractivity contribution in [2.24, 2.45) is 0 Å². The first-order valence-electron chi connectivity index (χ1n) is 6.45. The van der Waals surface area contributed by atoms with Crippen molar-refractivity contribution in [2.75, 3.05) is 11.9 Å². The maximum absolute atomic E-state index is 13.1. The molecule has 0 bridgehead atoms. The van der Waals surface area contributed by atoms with Crippen molar-refractivity contribution in [3.63, 3.8) is 0 Å². The molecule has 0 atom stereocenters. The van der Waals surface area contributed by atoms with Gasteiger partial charge in [-0.25, -0.2) is 4.39 Å². The summed E-state index contributed by atoms with van der Waals surface area (Å²) in [5.41, 5.74) is 0.536. The number of halogens is 3. The topological polar surface area (TPSA) is 20.3 Å². The second kappa shape index (κ2) is 6.84. The summed E-state index contributed by atoms with van der Waals surface area (Å²) in [6.45, 7) is 0.688. The molecule has 2 nitrogen and oxygen atoms in total. The van der Waals surface area contributed by atoms with Gasteiger partial charge in [0.15, 0.2) is 0 Å². The molecule has 1 amide bonds. The van der Waals surface area contributed by atoms with E-state index in [1.165, 1.54) is 25.0 Å². The molecule has 0 aromatic heterocycles. The predicted octanol–water partition coefficient (Wildman–Crippen LogP) is 4.37. The van der Waals surface area contributed by atoms with Gasteiger partial charge in [-0.05, 0) is 47.0 Å². The highest BCUT2D eigenvalue weighted by molar-refractivity contribution is 9.10. The van der Waals surface area contributed by atoms with Crippen molar-refractivity contribution in [3.05, 3.63) is 34.1 Å². The highest BCUT2D eigenvalue weighted by atomic mass is 79.9. The lowest BCUT2D eigenvalue weighted by atomic mass is 10.1. The minimum Gasteiger partial charge on any atom is -0.335 e. The largest absolute Gasteiger partial charge is 0.335 e. The maximum Gasteiger partial charge on any atom is 0.255 e. The summed E-state index contributed by atoms with van der Waals surface area (Å²) in [5, 5.41) is 0.758. The molecular formula is C14H16Br2FNO. The first kappa shape index (κ1) is 15.0. The van der Waals surface area contributed by atoms with Crippen molar-refractivity contribution in [1.82, 2.24) is 4.90 Å². The van der Waals surface area contributed by atoms with Gasteiger partial charge in [-0.1, -0.05) is 28.8 Å². The van der Waals surface area contributed by atoms with E-state index in [1.807, 2.05) is 4.90 Å². The van der Waals surface area contributed by atoms with Gasteiger partial charge in [0.2, 0.25) is 0 Å². The van der Waals surface area contributed by atoms with Crippen molar-refractivity contribution < 1.29 is 9.18 Å². The minimum atomic E-state index is -0.337. The third-order valence-corrected chi connectivity index (χ3v) is 4.52. The first-order valence-corrected chi connectivity index (χ1v) is 8.37. The Bertz CT molecular complexity index is 461. The second-order valence-electron chi connectivity index (χ2n) is 4.75. The summed E-state index contributed by atoms with van der Waals surface area (Å²) in [7, 11) is 0. The Morgan fingerprint density at radius 3 is 2.63 bits per heavy atom. The van der Waals surface area contributed by atoms with E-state index in [0.29, 0.717) is 22.6 Å². The molecule has 1 aliphatic carbocycles. The smallest absolute Gasteiger partial charge is 0.255 e. The minimum absolute atomic E-state index is 0.0155. The van der Waals surface area contributed by atoms with Crippen LogP contribution in [-0.2, 0) is 0 Å². The quantitative estimate of drug-likeness (QED) is 0.696. The average Bonchev–Trinajstić information content (AvgIpc) is 2.89. The van der Waals surface area contributed by atoms with E-state index in [4.69, 9.17) is 0 Å². The number of nitrogens with zero attached hydrogens (tertiary/aromatic N) is 1. The van der Waals surface area contributed by atoms with Gasteiger partial charge >= 0.3 is 0 Å². The lowest BCUT2D eigenvalue weighted by Crippen LogP contribution is -2.40. The van der Waals surface area contributed by atoms with Gasteiger partial charge < -0.3 is 4.90 Å². The fraction of sp³-hybridized carbons (Fsp3) is 0.500. The van der Waals surface area contributed by atoms with Crippen molar-refractivity contribution in [2.45, 2.75) is 31.7 Å². The Hall–Kier alpha value is -0.420. The third-order valence-electron chi connectivity index (χ3n) is 3.51. The Kier molecular flexibility index (Phi) is 5.39. The second-order valence-corrected chi connectivity index (χ2v) is 6.40. The Labute approximate surface area is 129 Å². The zero-order valence-corrected chi connectivity index (χ0v) is 13.7. The van der Waals surface area contributed by atoms with E-state index in [9.17, 15) is 9.18 Å². The van der Waals surface area contributed by atoms with Crippen LogP contribution in [0.3, 0.4) is 0 Å². The molecule has 1 fully saturated rings. The van der Waals surface area contributed by atoms with Crippen LogP contribution in [0.25, 0.3) is 0 Å². The molecule has 0 N–H and O–H groups in total. The molecule has 1 aromatic rings. The maximum atomic E-state index is 13.1. The molecule has 0 saturated heterocycles. The van der Waals surface area contributed by atoms with Crippen molar-refractivity contribution >= 4 is 37.8 Å². The van der Waals surface area contributed by atoms with Crippen LogP contribution in [0.15, 0.2) is 22.7 Å². The normalized spacial score (nSPS) is 15.7. The summed E-state index contributed by atoms with van der Waals surface area (Å²) in [4.78, 5) is 14.5. The van der Waals surface area contributed by atoms with Gasteiger partial charge in [0.25, 0.3) is 5.91 Å². The molecule has 5 heteroatoms. The molecule has 1 aliphatic rings. The number of carbonyl (C=O) groups is 1. The molecule has 0 spiro atoms. The Morgan fingerprint density at radius 1 is 1.37 bits per heavy atom. The van der Waals surface area contributed by atoms with Crippen molar-refractivity contribution in [3.8, 4) is 0 Å². The van der Waals surface area contributed by atoms with E-state index >= 15 is 0 Å². The molecule has 2 rings (SSSR count). The van der Waals surface area contributed by atoms with E-state index in [0.717, 1.165) is 18.2 Å². The van der Waals surface area contributed by atoms with Crippen LogP contribution in [0.5, 0.6) is 0 Å². The van der Waals surface area contributed by atoms with Crippen LogP contribution in [0.4, 0.5) is 4.39 Å².